The van der Waals surface area contributed by atoms with Crippen molar-refractivity contribution in [2.75, 3.05) is 0 Å². The fourth-order valence-electron chi connectivity index (χ4n) is 5.01. The summed E-state index contributed by atoms with van der Waals surface area (Å²) in [5, 5.41) is 0. The van der Waals surface area contributed by atoms with E-state index < -0.39 is 18.4 Å². The van der Waals surface area contributed by atoms with E-state index in [1.54, 1.807) is 62.7 Å². The second-order valence-electron chi connectivity index (χ2n) is 9.04. The first-order valence-corrected chi connectivity index (χ1v) is 19.1. The van der Waals surface area contributed by atoms with Crippen LogP contribution < -0.4 is 0 Å². The summed E-state index contributed by atoms with van der Waals surface area (Å²) in [5.41, 5.74) is 0. The van der Waals surface area contributed by atoms with E-state index in [9.17, 15) is 0 Å². The summed E-state index contributed by atoms with van der Waals surface area (Å²) in [6.45, 7) is 12.1. The Morgan fingerprint density at radius 2 is 1.17 bits per heavy atom. The van der Waals surface area contributed by atoms with Crippen LogP contribution in [0, 0.1) is 17.8 Å². The molecule has 0 saturated heterocycles. The van der Waals surface area contributed by atoms with Gasteiger partial charge >= 0.3 is 153 Å². The third-order valence-electron chi connectivity index (χ3n) is 6.74. The van der Waals surface area contributed by atoms with Crippen molar-refractivity contribution < 1.29 is 0 Å². The van der Waals surface area contributed by atoms with E-state index >= 15 is 0 Å². The number of unbranched alkanes of at least 4 members (excludes halogenated alkanes) is 3. The van der Waals surface area contributed by atoms with Crippen molar-refractivity contribution in [3.05, 3.63) is 0 Å². The molecule has 1 aliphatic carbocycles. The van der Waals surface area contributed by atoms with Crippen LogP contribution in [-0.4, -0.2) is 18.4 Å². The van der Waals surface area contributed by atoms with Crippen LogP contribution in [0.1, 0.15) is 98.8 Å². The van der Waals surface area contributed by atoms with Gasteiger partial charge in [0.25, 0.3) is 0 Å². The first kappa shape index (κ1) is 21.8. The molecule has 0 aromatic heterocycles. The van der Waals surface area contributed by atoms with Crippen molar-refractivity contribution in [1.82, 2.24) is 0 Å². The minimum absolute atomic E-state index is 0.921. The minimum atomic E-state index is -1.86. The zero-order valence-electron chi connectivity index (χ0n) is 17.1. The molecule has 138 valence electrons. The molecule has 0 heterocycles. The quantitative estimate of drug-likeness (QED) is 0.274. The van der Waals surface area contributed by atoms with E-state index in [0.717, 1.165) is 17.8 Å². The predicted molar refractivity (Wildman–Crippen MR) is 110 cm³/mol. The summed E-state index contributed by atoms with van der Waals surface area (Å²) >= 11 is -1.86. The standard InChI is InChI=1S/C10H19.3C4H9.Sn/c1-8(2)10-6-4-9(3)5-7-10;3*1-3-4-2;/h8-10H,3-7H2,1-2H3;3*1,3-4H2,2H3;. The summed E-state index contributed by atoms with van der Waals surface area (Å²) in [5.74, 6) is 3.09. The Balaban J connectivity index is 2.65. The van der Waals surface area contributed by atoms with Gasteiger partial charge in [0.05, 0.1) is 0 Å². The first-order chi connectivity index (χ1) is 11.1. The second-order valence-corrected chi connectivity index (χ2v) is 23.0. The van der Waals surface area contributed by atoms with Crippen LogP contribution in [0.2, 0.25) is 17.7 Å². The van der Waals surface area contributed by atoms with E-state index in [0.29, 0.717) is 0 Å². The van der Waals surface area contributed by atoms with Crippen molar-refractivity contribution in [3.63, 3.8) is 0 Å². The Morgan fingerprint density at radius 1 is 0.739 bits per heavy atom. The average Bonchev–Trinajstić information content (AvgIpc) is 2.56. The van der Waals surface area contributed by atoms with E-state index in [-0.39, 0.29) is 0 Å². The Morgan fingerprint density at radius 3 is 1.52 bits per heavy atom. The Hall–Kier alpha value is 0.799. The Kier molecular flexibility index (Phi) is 11.6. The second kappa shape index (κ2) is 12.2. The summed E-state index contributed by atoms with van der Waals surface area (Å²) in [7, 11) is 0. The molecule has 0 aliphatic heterocycles. The van der Waals surface area contributed by atoms with Crippen molar-refractivity contribution in [1.29, 1.82) is 0 Å². The molecule has 1 heteroatoms. The molecule has 0 nitrogen and oxygen atoms in total. The summed E-state index contributed by atoms with van der Waals surface area (Å²) < 4.78 is 6.92. The molecule has 1 fully saturated rings. The van der Waals surface area contributed by atoms with Gasteiger partial charge in [-0.15, -0.1) is 0 Å². The molecule has 0 radical (unpaired) electrons. The van der Waals surface area contributed by atoms with Crippen LogP contribution in [0.15, 0.2) is 0 Å². The number of hydrogen-bond acceptors (Lipinski definition) is 0. The Labute approximate surface area is 152 Å². The van der Waals surface area contributed by atoms with Gasteiger partial charge in [0.15, 0.2) is 0 Å². The number of rotatable bonds is 12. The van der Waals surface area contributed by atoms with Gasteiger partial charge in [0.1, 0.15) is 0 Å². The van der Waals surface area contributed by atoms with Crippen LogP contribution in [0.3, 0.4) is 0 Å². The molecular weight excluding hydrogens is 383 g/mol. The molecule has 0 bridgehead atoms. The maximum atomic E-state index is 2.44. The summed E-state index contributed by atoms with van der Waals surface area (Å²) in [6, 6.07) is 0. The summed E-state index contributed by atoms with van der Waals surface area (Å²) in [4.78, 5) is 0. The number of hydrogen-bond donors (Lipinski definition) is 0. The summed E-state index contributed by atoms with van der Waals surface area (Å²) in [6.07, 6.45) is 15.2. The molecule has 0 aromatic carbocycles. The average molecular weight is 429 g/mol. The van der Waals surface area contributed by atoms with Crippen LogP contribution in [0.4, 0.5) is 0 Å². The van der Waals surface area contributed by atoms with Crippen LogP contribution in [-0.2, 0) is 0 Å². The van der Waals surface area contributed by atoms with Gasteiger partial charge in [0.2, 0.25) is 0 Å². The molecule has 1 aliphatic rings. The van der Waals surface area contributed by atoms with E-state index in [1.807, 2.05) is 0 Å². The first-order valence-electron chi connectivity index (χ1n) is 11.1. The molecule has 1 rings (SSSR count). The maximum absolute atomic E-state index is 2.44. The molecule has 0 atom stereocenters. The fourth-order valence-corrected chi connectivity index (χ4v) is 23.0. The van der Waals surface area contributed by atoms with Gasteiger partial charge in [-0.25, -0.2) is 0 Å². The predicted octanol–water partition coefficient (Wildman–Crippen LogP) is 8.30. The molecule has 0 spiro atoms. The van der Waals surface area contributed by atoms with E-state index in [1.165, 1.54) is 19.3 Å². The van der Waals surface area contributed by atoms with Crippen molar-refractivity contribution in [3.8, 4) is 0 Å². The van der Waals surface area contributed by atoms with Crippen molar-refractivity contribution in [2.24, 2.45) is 17.8 Å². The fraction of sp³-hybridized carbons (Fsp3) is 1.00. The van der Waals surface area contributed by atoms with Crippen LogP contribution in [0.25, 0.3) is 0 Å². The Bertz CT molecular complexity index is 254. The van der Waals surface area contributed by atoms with Crippen molar-refractivity contribution >= 4 is 18.4 Å². The molecule has 0 aromatic rings. The molecule has 0 unspecified atom stereocenters. The van der Waals surface area contributed by atoms with Gasteiger partial charge in [-0.3, -0.25) is 0 Å². The monoisotopic (exact) mass is 430 g/mol. The normalized spacial score (nSPS) is 22.7. The van der Waals surface area contributed by atoms with Crippen molar-refractivity contribution in [2.45, 2.75) is 117 Å². The third kappa shape index (κ3) is 8.14. The molecule has 0 amide bonds. The van der Waals surface area contributed by atoms with E-state index in [4.69, 9.17) is 0 Å². The van der Waals surface area contributed by atoms with Gasteiger partial charge in [-0.1, -0.05) is 0 Å². The van der Waals surface area contributed by atoms with E-state index in [2.05, 4.69) is 34.6 Å². The van der Waals surface area contributed by atoms with Crippen LogP contribution >= 0.6 is 0 Å². The van der Waals surface area contributed by atoms with Gasteiger partial charge in [0, 0.05) is 0 Å². The molecular formula is C22H46Sn. The molecule has 0 N–H and O–H groups in total. The molecule has 23 heavy (non-hydrogen) atoms. The van der Waals surface area contributed by atoms with Gasteiger partial charge < -0.3 is 0 Å². The SMILES string of the molecule is CCC[CH2][Sn]([CH2]CCC)([CH2]CCC)[CH2]C1CCC(C(C)C)CC1. The van der Waals surface area contributed by atoms with Gasteiger partial charge in [-0.2, -0.15) is 0 Å². The molecule has 1 saturated carbocycles. The zero-order valence-corrected chi connectivity index (χ0v) is 20.0. The van der Waals surface area contributed by atoms with Crippen LogP contribution in [0.5, 0.6) is 0 Å². The zero-order chi connectivity index (χ0) is 17.1. The van der Waals surface area contributed by atoms with Gasteiger partial charge in [-0.05, 0) is 0 Å². The third-order valence-corrected chi connectivity index (χ3v) is 23.0. The topological polar surface area (TPSA) is 0 Å².